The highest BCUT2D eigenvalue weighted by atomic mass is 32.1. The molecule has 0 radical (unpaired) electrons. The maximum Gasteiger partial charge on any atom is 0.229 e. The van der Waals surface area contributed by atoms with E-state index in [0.717, 1.165) is 17.0 Å². The number of halogens is 1. The molecule has 0 aliphatic rings. The van der Waals surface area contributed by atoms with Crippen LogP contribution < -0.4 is 5.32 Å². The molecule has 2 aromatic rings. The van der Waals surface area contributed by atoms with Crippen molar-refractivity contribution < 1.29 is 14.3 Å². The van der Waals surface area contributed by atoms with Crippen LogP contribution in [0.5, 0.6) is 0 Å². The molecule has 0 bridgehead atoms. The van der Waals surface area contributed by atoms with Crippen molar-refractivity contribution in [2.45, 2.75) is 32.8 Å². The van der Waals surface area contributed by atoms with Gasteiger partial charge in [-0.25, -0.2) is 9.37 Å². The predicted octanol–water partition coefficient (Wildman–Crippen LogP) is 3.22. The third-order valence-electron chi connectivity index (χ3n) is 3.09. The van der Waals surface area contributed by atoms with Crippen molar-refractivity contribution in [2.24, 2.45) is 0 Å². The third-order valence-corrected chi connectivity index (χ3v) is 4.01. The van der Waals surface area contributed by atoms with Gasteiger partial charge in [-0.1, -0.05) is 19.1 Å². The molecule has 112 valence electrons. The molecule has 0 fully saturated rings. The summed E-state index contributed by atoms with van der Waals surface area (Å²) in [4.78, 5) is 17.3. The van der Waals surface area contributed by atoms with Crippen LogP contribution in [0, 0.1) is 12.7 Å². The molecule has 1 heterocycles. The summed E-state index contributed by atoms with van der Waals surface area (Å²) >= 11 is 1.41. The summed E-state index contributed by atoms with van der Waals surface area (Å²) in [6.45, 7) is 3.95. The Morgan fingerprint density at radius 3 is 2.90 bits per heavy atom. The second kappa shape index (κ2) is 6.78. The summed E-state index contributed by atoms with van der Waals surface area (Å²) in [5, 5.41) is 13.2. The molecule has 0 spiro atoms. The molecule has 0 saturated heterocycles. The van der Waals surface area contributed by atoms with Crippen molar-refractivity contribution in [2.75, 3.05) is 5.32 Å². The lowest BCUT2D eigenvalue weighted by molar-refractivity contribution is -0.118. The van der Waals surface area contributed by atoms with Crippen LogP contribution in [-0.4, -0.2) is 16.0 Å². The summed E-state index contributed by atoms with van der Waals surface area (Å²) in [5.74, 6) is -0.779. The number of aliphatic hydroxyl groups is 1. The number of nitrogens with one attached hydrogen (secondary N) is 1. The molecule has 2 rings (SSSR count). The highest BCUT2D eigenvalue weighted by Crippen LogP contribution is 2.23. The number of thiazole rings is 1. The zero-order valence-electron chi connectivity index (χ0n) is 11.9. The Morgan fingerprint density at radius 1 is 1.52 bits per heavy atom. The monoisotopic (exact) mass is 308 g/mol. The van der Waals surface area contributed by atoms with Crippen molar-refractivity contribution >= 4 is 22.4 Å². The van der Waals surface area contributed by atoms with Gasteiger partial charge < -0.3 is 10.4 Å². The van der Waals surface area contributed by atoms with Crippen LogP contribution in [0.15, 0.2) is 24.3 Å². The molecule has 1 aromatic carbocycles. The number of nitrogens with zero attached hydrogens (tertiary/aromatic N) is 1. The molecule has 0 aliphatic heterocycles. The summed E-state index contributed by atoms with van der Waals surface area (Å²) in [6, 6.07) is 5.61. The van der Waals surface area contributed by atoms with Crippen LogP contribution in [0.2, 0.25) is 0 Å². The van der Waals surface area contributed by atoms with Crippen LogP contribution in [0.25, 0.3) is 0 Å². The molecule has 2 N–H and O–H groups in total. The molecular weight excluding hydrogens is 291 g/mol. The maximum atomic E-state index is 13.1. The maximum absolute atomic E-state index is 13.1. The number of aliphatic hydroxyl groups excluding tert-OH is 1. The Hall–Kier alpha value is -1.79. The van der Waals surface area contributed by atoms with E-state index in [2.05, 4.69) is 10.3 Å². The number of rotatable bonds is 5. The van der Waals surface area contributed by atoms with Crippen molar-refractivity contribution in [3.8, 4) is 0 Å². The van der Waals surface area contributed by atoms with E-state index < -0.39 is 11.9 Å². The van der Waals surface area contributed by atoms with Crippen LogP contribution >= 0.6 is 11.3 Å². The largest absolute Gasteiger partial charge is 0.388 e. The van der Waals surface area contributed by atoms with Crippen molar-refractivity contribution in [3.05, 3.63) is 46.2 Å². The van der Waals surface area contributed by atoms with E-state index >= 15 is 0 Å². The number of aromatic nitrogens is 1. The molecule has 1 atom stereocenters. The SMILES string of the molecule is CCc1nc(NC(=O)CC(O)c2cccc(F)c2)sc1C. The number of hydrogen-bond acceptors (Lipinski definition) is 4. The van der Waals surface area contributed by atoms with Crippen LogP contribution in [-0.2, 0) is 11.2 Å². The zero-order valence-corrected chi connectivity index (χ0v) is 12.7. The minimum Gasteiger partial charge on any atom is -0.388 e. The van der Waals surface area contributed by atoms with E-state index in [4.69, 9.17) is 0 Å². The van der Waals surface area contributed by atoms with Crippen molar-refractivity contribution in [3.63, 3.8) is 0 Å². The van der Waals surface area contributed by atoms with E-state index in [1.807, 2.05) is 13.8 Å². The fourth-order valence-electron chi connectivity index (χ4n) is 1.99. The van der Waals surface area contributed by atoms with E-state index in [0.29, 0.717) is 10.7 Å². The van der Waals surface area contributed by atoms with Gasteiger partial charge in [-0.15, -0.1) is 11.3 Å². The number of anilines is 1. The van der Waals surface area contributed by atoms with Gasteiger partial charge in [0.1, 0.15) is 5.82 Å². The van der Waals surface area contributed by atoms with Crippen molar-refractivity contribution in [1.29, 1.82) is 0 Å². The van der Waals surface area contributed by atoms with E-state index in [1.165, 1.54) is 29.5 Å². The van der Waals surface area contributed by atoms with Crippen molar-refractivity contribution in [1.82, 2.24) is 4.98 Å². The quantitative estimate of drug-likeness (QED) is 0.891. The summed E-state index contributed by atoms with van der Waals surface area (Å²) in [7, 11) is 0. The fraction of sp³-hybridized carbons (Fsp3) is 0.333. The van der Waals surface area contributed by atoms with Gasteiger partial charge in [0.15, 0.2) is 5.13 Å². The van der Waals surface area contributed by atoms with Crippen LogP contribution in [0.1, 0.15) is 35.6 Å². The lowest BCUT2D eigenvalue weighted by Crippen LogP contribution is -2.15. The molecule has 4 nitrogen and oxygen atoms in total. The summed E-state index contributed by atoms with van der Waals surface area (Å²) in [6.07, 6.45) is -0.361. The Morgan fingerprint density at radius 2 is 2.29 bits per heavy atom. The van der Waals surface area contributed by atoms with Gasteiger partial charge in [-0.05, 0) is 31.0 Å². The van der Waals surface area contributed by atoms with Gasteiger partial charge in [0, 0.05) is 4.88 Å². The molecule has 1 unspecified atom stereocenters. The zero-order chi connectivity index (χ0) is 15.4. The first kappa shape index (κ1) is 15.6. The minimum atomic E-state index is -1.03. The molecule has 0 saturated carbocycles. The van der Waals surface area contributed by atoms with Gasteiger partial charge in [0.25, 0.3) is 0 Å². The lowest BCUT2D eigenvalue weighted by atomic mass is 10.1. The Labute approximate surface area is 126 Å². The van der Waals surface area contributed by atoms with Gasteiger partial charge in [0.05, 0.1) is 18.2 Å². The molecule has 6 heteroatoms. The average Bonchev–Trinajstić information content (AvgIpc) is 2.78. The molecule has 0 aliphatic carbocycles. The second-order valence-electron chi connectivity index (χ2n) is 4.70. The Bertz CT molecular complexity index is 642. The number of amides is 1. The van der Waals surface area contributed by atoms with E-state index in [-0.39, 0.29) is 12.3 Å². The number of hydrogen-bond donors (Lipinski definition) is 2. The average molecular weight is 308 g/mol. The minimum absolute atomic E-state index is 0.135. The smallest absolute Gasteiger partial charge is 0.229 e. The van der Waals surface area contributed by atoms with Gasteiger partial charge in [-0.2, -0.15) is 0 Å². The first-order chi connectivity index (χ1) is 9.99. The second-order valence-corrected chi connectivity index (χ2v) is 5.90. The predicted molar refractivity (Wildman–Crippen MR) is 80.8 cm³/mol. The molecule has 21 heavy (non-hydrogen) atoms. The number of benzene rings is 1. The summed E-state index contributed by atoms with van der Waals surface area (Å²) in [5.41, 5.74) is 1.34. The van der Waals surface area contributed by atoms with Gasteiger partial charge in [0.2, 0.25) is 5.91 Å². The lowest BCUT2D eigenvalue weighted by Gasteiger charge is -2.10. The topological polar surface area (TPSA) is 62.2 Å². The highest BCUT2D eigenvalue weighted by molar-refractivity contribution is 7.15. The Balaban J connectivity index is 1.97. The standard InChI is InChI=1S/C15H17FN2O2S/c1-3-12-9(2)21-15(17-12)18-14(20)8-13(19)10-5-4-6-11(16)7-10/h4-7,13,19H,3,8H2,1-2H3,(H,17,18,20). The normalized spacial score (nSPS) is 12.2. The van der Waals surface area contributed by atoms with Gasteiger partial charge in [-0.3, -0.25) is 4.79 Å². The first-order valence-electron chi connectivity index (χ1n) is 6.69. The van der Waals surface area contributed by atoms with E-state index in [1.54, 1.807) is 6.07 Å². The summed E-state index contributed by atoms with van der Waals surface area (Å²) < 4.78 is 13.1. The van der Waals surface area contributed by atoms with Crippen LogP contribution in [0.4, 0.5) is 9.52 Å². The highest BCUT2D eigenvalue weighted by Gasteiger charge is 2.15. The van der Waals surface area contributed by atoms with Crippen LogP contribution in [0.3, 0.4) is 0 Å². The third kappa shape index (κ3) is 4.09. The molecule has 1 amide bonds. The first-order valence-corrected chi connectivity index (χ1v) is 7.51. The molecular formula is C15H17FN2O2S. The van der Waals surface area contributed by atoms with Gasteiger partial charge >= 0.3 is 0 Å². The number of carbonyl (C=O) groups excluding carboxylic acids is 1. The van der Waals surface area contributed by atoms with E-state index in [9.17, 15) is 14.3 Å². The Kier molecular flexibility index (Phi) is 5.03. The number of aryl methyl sites for hydroxylation is 2. The molecule has 1 aromatic heterocycles. The fourth-order valence-corrected chi connectivity index (χ4v) is 2.91. The number of carbonyl (C=O) groups is 1.